The molecule has 0 bridgehead atoms. The van der Waals surface area contributed by atoms with Crippen LogP contribution in [0.15, 0.2) is 30.5 Å². The van der Waals surface area contributed by atoms with E-state index in [2.05, 4.69) is 17.3 Å². The van der Waals surface area contributed by atoms with Gasteiger partial charge in [-0.05, 0) is 56.8 Å². The predicted octanol–water partition coefficient (Wildman–Crippen LogP) is 3.05. The largest absolute Gasteiger partial charge is 0.325 e. The van der Waals surface area contributed by atoms with Crippen molar-refractivity contribution in [3.05, 3.63) is 41.1 Å². The standard InChI is InChI=1S/C16H22ClN3O/c1-19-11-8-15(9-12-19)20(2)16(21)18-10-7-13-3-5-14(17)6-4-13/h3-7,10,15H,8-9,11-12H2,1-2H3,(H,18,21)/b10-7+. The van der Waals surface area contributed by atoms with Crippen molar-refractivity contribution >= 4 is 23.7 Å². The van der Waals surface area contributed by atoms with Crippen molar-refractivity contribution in [3.63, 3.8) is 0 Å². The molecular weight excluding hydrogens is 286 g/mol. The first-order chi connectivity index (χ1) is 10.1. The first-order valence-corrected chi connectivity index (χ1v) is 7.58. The molecule has 5 heteroatoms. The average molecular weight is 308 g/mol. The molecule has 2 rings (SSSR count). The van der Waals surface area contributed by atoms with Gasteiger partial charge in [-0.2, -0.15) is 0 Å². The van der Waals surface area contributed by atoms with Crippen molar-refractivity contribution in [3.8, 4) is 0 Å². The number of benzene rings is 1. The molecule has 21 heavy (non-hydrogen) atoms. The summed E-state index contributed by atoms with van der Waals surface area (Å²) in [5.41, 5.74) is 1.00. The number of hydrogen-bond acceptors (Lipinski definition) is 2. The summed E-state index contributed by atoms with van der Waals surface area (Å²) in [7, 11) is 3.98. The van der Waals surface area contributed by atoms with E-state index in [1.54, 1.807) is 11.1 Å². The molecule has 4 nitrogen and oxygen atoms in total. The Morgan fingerprint density at radius 2 is 1.95 bits per heavy atom. The van der Waals surface area contributed by atoms with Crippen LogP contribution in [0.3, 0.4) is 0 Å². The summed E-state index contributed by atoms with van der Waals surface area (Å²) in [6.45, 7) is 2.09. The highest BCUT2D eigenvalue weighted by Crippen LogP contribution is 2.14. The lowest BCUT2D eigenvalue weighted by Crippen LogP contribution is -2.47. The van der Waals surface area contributed by atoms with Gasteiger partial charge in [0.2, 0.25) is 0 Å². The van der Waals surface area contributed by atoms with Gasteiger partial charge in [-0.25, -0.2) is 4.79 Å². The van der Waals surface area contributed by atoms with Gasteiger partial charge in [0.05, 0.1) is 0 Å². The minimum atomic E-state index is -0.0604. The van der Waals surface area contributed by atoms with E-state index in [-0.39, 0.29) is 6.03 Å². The van der Waals surface area contributed by atoms with Gasteiger partial charge >= 0.3 is 6.03 Å². The van der Waals surface area contributed by atoms with Crippen molar-refractivity contribution in [1.82, 2.24) is 15.1 Å². The van der Waals surface area contributed by atoms with E-state index in [9.17, 15) is 4.79 Å². The molecule has 114 valence electrons. The molecule has 1 fully saturated rings. The maximum absolute atomic E-state index is 12.1. The number of carbonyl (C=O) groups excluding carboxylic acids is 1. The SMILES string of the molecule is CN1CCC(N(C)C(=O)N/C=C/c2ccc(Cl)cc2)CC1. The van der Waals surface area contributed by atoms with E-state index in [0.29, 0.717) is 11.1 Å². The summed E-state index contributed by atoms with van der Waals surface area (Å²) in [5, 5.41) is 3.52. The van der Waals surface area contributed by atoms with E-state index in [1.165, 1.54) is 0 Å². The van der Waals surface area contributed by atoms with Gasteiger partial charge < -0.3 is 15.1 Å². The minimum Gasteiger partial charge on any atom is -0.325 e. The highest BCUT2D eigenvalue weighted by Gasteiger charge is 2.23. The van der Waals surface area contributed by atoms with Gasteiger partial charge in [0.1, 0.15) is 0 Å². The van der Waals surface area contributed by atoms with E-state index < -0.39 is 0 Å². The summed E-state index contributed by atoms with van der Waals surface area (Å²) in [6, 6.07) is 7.73. The molecule has 2 amide bonds. The summed E-state index contributed by atoms with van der Waals surface area (Å²) in [6.07, 6.45) is 5.59. The molecular formula is C16H22ClN3O. The fraction of sp³-hybridized carbons (Fsp3) is 0.438. The maximum Gasteiger partial charge on any atom is 0.321 e. The predicted molar refractivity (Wildman–Crippen MR) is 87.3 cm³/mol. The fourth-order valence-electron chi connectivity index (χ4n) is 2.43. The second-order valence-electron chi connectivity index (χ2n) is 5.48. The van der Waals surface area contributed by atoms with Gasteiger partial charge in [0.15, 0.2) is 0 Å². The average Bonchev–Trinajstić information content (AvgIpc) is 2.49. The lowest BCUT2D eigenvalue weighted by atomic mass is 10.0. The number of amides is 2. The van der Waals surface area contributed by atoms with Gasteiger partial charge in [-0.3, -0.25) is 0 Å². The topological polar surface area (TPSA) is 35.6 Å². The highest BCUT2D eigenvalue weighted by molar-refractivity contribution is 6.30. The van der Waals surface area contributed by atoms with Crippen LogP contribution in [0.1, 0.15) is 18.4 Å². The lowest BCUT2D eigenvalue weighted by molar-refractivity contribution is 0.150. The molecule has 1 aliphatic rings. The number of carbonyl (C=O) groups is 1. The first kappa shape index (κ1) is 15.9. The lowest BCUT2D eigenvalue weighted by Gasteiger charge is -2.34. The number of urea groups is 1. The Morgan fingerprint density at radius 3 is 2.57 bits per heavy atom. The van der Waals surface area contributed by atoms with E-state index in [0.717, 1.165) is 31.5 Å². The van der Waals surface area contributed by atoms with Crippen LogP contribution in [0.25, 0.3) is 6.08 Å². The molecule has 0 radical (unpaired) electrons. The molecule has 0 unspecified atom stereocenters. The molecule has 1 N–H and O–H groups in total. The zero-order valence-electron chi connectivity index (χ0n) is 12.6. The van der Waals surface area contributed by atoms with Crippen LogP contribution in [0.4, 0.5) is 4.79 Å². The molecule has 0 spiro atoms. The van der Waals surface area contributed by atoms with Crippen molar-refractivity contribution < 1.29 is 4.79 Å². The van der Waals surface area contributed by atoms with Crippen LogP contribution in [0.2, 0.25) is 5.02 Å². The Kier molecular flexibility index (Phi) is 5.65. The number of nitrogens with zero attached hydrogens (tertiary/aromatic N) is 2. The van der Waals surface area contributed by atoms with Gasteiger partial charge in [-0.1, -0.05) is 23.7 Å². The third-order valence-electron chi connectivity index (χ3n) is 3.91. The van der Waals surface area contributed by atoms with Gasteiger partial charge in [0, 0.05) is 24.3 Å². The zero-order chi connectivity index (χ0) is 15.2. The molecule has 1 aliphatic heterocycles. The Hall–Kier alpha value is -1.52. The monoisotopic (exact) mass is 307 g/mol. The van der Waals surface area contributed by atoms with Crippen LogP contribution in [-0.4, -0.2) is 49.1 Å². The summed E-state index contributed by atoms with van der Waals surface area (Å²) in [4.78, 5) is 16.2. The van der Waals surface area contributed by atoms with Crippen LogP contribution in [0, 0.1) is 0 Å². The molecule has 0 atom stereocenters. The molecule has 0 saturated carbocycles. The number of likely N-dealkylation sites (tertiary alicyclic amines) is 1. The molecule has 0 aromatic heterocycles. The van der Waals surface area contributed by atoms with Crippen LogP contribution < -0.4 is 5.32 Å². The van der Waals surface area contributed by atoms with Crippen molar-refractivity contribution in [2.75, 3.05) is 27.2 Å². The van der Waals surface area contributed by atoms with E-state index in [4.69, 9.17) is 11.6 Å². The summed E-state index contributed by atoms with van der Waals surface area (Å²) < 4.78 is 0. The number of piperidine rings is 1. The minimum absolute atomic E-state index is 0.0604. The molecule has 1 aromatic rings. The Bertz CT molecular complexity index is 493. The Balaban J connectivity index is 1.82. The Morgan fingerprint density at radius 1 is 1.33 bits per heavy atom. The van der Waals surface area contributed by atoms with Gasteiger partial charge in [-0.15, -0.1) is 0 Å². The van der Waals surface area contributed by atoms with Crippen LogP contribution in [-0.2, 0) is 0 Å². The van der Waals surface area contributed by atoms with Crippen LogP contribution in [0.5, 0.6) is 0 Å². The number of hydrogen-bond donors (Lipinski definition) is 1. The second kappa shape index (κ2) is 7.48. The Labute approximate surface area is 131 Å². The smallest absolute Gasteiger partial charge is 0.321 e. The number of nitrogens with one attached hydrogen (secondary N) is 1. The maximum atomic E-state index is 12.1. The third kappa shape index (κ3) is 4.76. The first-order valence-electron chi connectivity index (χ1n) is 7.20. The number of halogens is 1. The zero-order valence-corrected chi connectivity index (χ0v) is 13.3. The van der Waals surface area contributed by atoms with Gasteiger partial charge in [0.25, 0.3) is 0 Å². The molecule has 1 saturated heterocycles. The summed E-state index contributed by atoms with van der Waals surface area (Å²) in [5.74, 6) is 0. The second-order valence-corrected chi connectivity index (χ2v) is 5.92. The normalized spacial score (nSPS) is 17.1. The van der Waals surface area contributed by atoms with E-state index >= 15 is 0 Å². The molecule has 1 aromatic carbocycles. The third-order valence-corrected chi connectivity index (χ3v) is 4.16. The van der Waals surface area contributed by atoms with E-state index in [1.807, 2.05) is 37.4 Å². The molecule has 1 heterocycles. The quantitative estimate of drug-likeness (QED) is 0.931. The highest BCUT2D eigenvalue weighted by atomic mass is 35.5. The van der Waals surface area contributed by atoms with Crippen molar-refractivity contribution in [2.24, 2.45) is 0 Å². The van der Waals surface area contributed by atoms with Crippen LogP contribution >= 0.6 is 11.6 Å². The molecule has 0 aliphatic carbocycles. The summed E-state index contributed by atoms with van der Waals surface area (Å²) >= 11 is 5.83. The number of rotatable bonds is 3. The van der Waals surface area contributed by atoms with Crippen molar-refractivity contribution in [2.45, 2.75) is 18.9 Å². The van der Waals surface area contributed by atoms with Crippen molar-refractivity contribution in [1.29, 1.82) is 0 Å². The fourth-order valence-corrected chi connectivity index (χ4v) is 2.56.